The molecule has 1 N–H and O–H groups in total. The average molecular weight is 362 g/mol. The molecule has 25 heavy (non-hydrogen) atoms. The van der Waals surface area contributed by atoms with Gasteiger partial charge in [-0.05, 0) is 26.9 Å². The number of rotatable bonds is 6. The number of piperidine rings is 1. The van der Waals surface area contributed by atoms with Crippen molar-refractivity contribution in [3.8, 4) is 0 Å². The summed E-state index contributed by atoms with van der Waals surface area (Å²) in [6.07, 6.45) is -2.20. The van der Waals surface area contributed by atoms with Crippen LogP contribution in [0.25, 0.3) is 0 Å². The topological polar surface area (TPSA) is 61.6 Å². The monoisotopic (exact) mass is 362 g/mol. The van der Waals surface area contributed by atoms with Gasteiger partial charge in [-0.3, -0.25) is 4.79 Å². The van der Waals surface area contributed by atoms with E-state index < -0.39 is 18.7 Å². The van der Waals surface area contributed by atoms with E-state index in [0.717, 1.165) is 12.8 Å². The number of aliphatic hydroxyl groups excluding tert-OH is 1. The summed E-state index contributed by atoms with van der Waals surface area (Å²) in [5.74, 6) is -0.101. The van der Waals surface area contributed by atoms with Crippen LogP contribution in [0.1, 0.15) is 37.6 Å². The lowest BCUT2D eigenvalue weighted by Gasteiger charge is -2.35. The molecular formula is C16H25F3N4O2. The number of aryl methyl sites for hydroxylation is 1. The van der Waals surface area contributed by atoms with Crippen LogP contribution in [0.5, 0.6) is 0 Å². The molecule has 9 heteroatoms. The van der Waals surface area contributed by atoms with Crippen molar-refractivity contribution in [2.45, 2.75) is 50.6 Å². The van der Waals surface area contributed by atoms with Crippen LogP contribution >= 0.6 is 0 Å². The van der Waals surface area contributed by atoms with E-state index in [2.05, 4.69) is 9.88 Å². The molecule has 1 aliphatic rings. The number of aliphatic hydroxyl groups is 1. The third-order valence-corrected chi connectivity index (χ3v) is 4.60. The number of carbonyl (C=O) groups excluding carboxylic acids is 1. The third kappa shape index (κ3) is 5.71. The second kappa shape index (κ2) is 8.18. The number of nitrogens with zero attached hydrogens (tertiary/aromatic N) is 4. The lowest BCUT2D eigenvalue weighted by Crippen LogP contribution is -2.44. The molecule has 1 aromatic heterocycles. The molecule has 0 bridgehead atoms. The fraction of sp³-hybridized carbons (Fsp3) is 0.750. The van der Waals surface area contributed by atoms with Crippen molar-refractivity contribution in [1.29, 1.82) is 0 Å². The molecule has 1 amide bonds. The third-order valence-electron chi connectivity index (χ3n) is 4.60. The summed E-state index contributed by atoms with van der Waals surface area (Å²) in [7, 11) is 4.01. The Bertz CT molecular complexity index is 566. The summed E-state index contributed by atoms with van der Waals surface area (Å²) in [4.78, 5) is 20.1. The zero-order chi connectivity index (χ0) is 18.6. The zero-order valence-electron chi connectivity index (χ0n) is 14.5. The van der Waals surface area contributed by atoms with E-state index in [0.29, 0.717) is 19.1 Å². The zero-order valence-corrected chi connectivity index (χ0v) is 14.5. The predicted molar refractivity (Wildman–Crippen MR) is 85.8 cm³/mol. The van der Waals surface area contributed by atoms with Crippen molar-refractivity contribution in [2.24, 2.45) is 0 Å². The highest BCUT2D eigenvalue weighted by molar-refractivity contribution is 5.76. The van der Waals surface area contributed by atoms with Crippen molar-refractivity contribution in [2.75, 3.05) is 27.2 Å². The van der Waals surface area contributed by atoms with Crippen LogP contribution in [0.4, 0.5) is 13.2 Å². The molecule has 6 nitrogen and oxygen atoms in total. The molecular weight excluding hydrogens is 337 g/mol. The highest BCUT2D eigenvalue weighted by Gasteiger charge is 2.29. The summed E-state index contributed by atoms with van der Waals surface area (Å²) in [5.41, 5.74) is 0. The van der Waals surface area contributed by atoms with Crippen molar-refractivity contribution in [3.05, 3.63) is 18.2 Å². The molecule has 1 unspecified atom stereocenters. The highest BCUT2D eigenvalue weighted by Crippen LogP contribution is 2.23. The second-order valence-corrected chi connectivity index (χ2v) is 6.64. The lowest BCUT2D eigenvalue weighted by atomic mass is 10.0. The number of halogens is 3. The van der Waals surface area contributed by atoms with E-state index in [-0.39, 0.29) is 24.7 Å². The molecule has 2 heterocycles. The SMILES string of the molecule is CN(C)C1CCN(C(=O)CC(O)c2nccn2CCC(F)(F)F)CC1. The molecule has 1 aromatic rings. The first-order valence-electron chi connectivity index (χ1n) is 8.37. The largest absolute Gasteiger partial charge is 0.390 e. The van der Waals surface area contributed by atoms with Gasteiger partial charge in [0.15, 0.2) is 0 Å². The maximum atomic E-state index is 12.4. The summed E-state index contributed by atoms with van der Waals surface area (Å²) in [5, 5.41) is 10.2. The van der Waals surface area contributed by atoms with Gasteiger partial charge >= 0.3 is 6.18 Å². The number of hydrogen-bond acceptors (Lipinski definition) is 4. The van der Waals surface area contributed by atoms with Gasteiger partial charge in [0.2, 0.25) is 5.91 Å². The molecule has 1 saturated heterocycles. The van der Waals surface area contributed by atoms with E-state index >= 15 is 0 Å². The molecule has 1 atom stereocenters. The summed E-state index contributed by atoms with van der Waals surface area (Å²) < 4.78 is 38.3. The number of alkyl halides is 3. The standard InChI is InChI=1S/C16H25F3N4O2/c1-21(2)12-3-7-22(8-4-12)14(25)11-13(24)15-20-6-10-23(15)9-5-16(17,18)19/h6,10,12-13,24H,3-5,7-9,11H2,1-2H3. The molecule has 0 aromatic carbocycles. The van der Waals surface area contributed by atoms with Crippen LogP contribution in [0.3, 0.4) is 0 Å². The maximum absolute atomic E-state index is 12.4. The van der Waals surface area contributed by atoms with E-state index in [1.165, 1.54) is 17.0 Å². The van der Waals surface area contributed by atoms with Gasteiger partial charge in [0.05, 0.1) is 12.8 Å². The van der Waals surface area contributed by atoms with Gasteiger partial charge in [0, 0.05) is 38.1 Å². The maximum Gasteiger partial charge on any atom is 0.390 e. The first-order valence-corrected chi connectivity index (χ1v) is 8.37. The minimum atomic E-state index is -4.28. The molecule has 0 radical (unpaired) electrons. The molecule has 142 valence electrons. The van der Waals surface area contributed by atoms with Crippen LogP contribution in [-0.4, -0.2) is 69.8 Å². The van der Waals surface area contributed by atoms with Crippen LogP contribution in [0, 0.1) is 0 Å². The van der Waals surface area contributed by atoms with E-state index in [9.17, 15) is 23.1 Å². The first kappa shape index (κ1) is 19.7. The smallest absolute Gasteiger partial charge is 0.385 e. The molecule has 0 saturated carbocycles. The fourth-order valence-corrected chi connectivity index (χ4v) is 3.07. The Morgan fingerprint density at radius 2 is 2.04 bits per heavy atom. The van der Waals surface area contributed by atoms with Crippen LogP contribution in [0.2, 0.25) is 0 Å². The van der Waals surface area contributed by atoms with Crippen LogP contribution in [0.15, 0.2) is 12.4 Å². The number of likely N-dealkylation sites (tertiary alicyclic amines) is 1. The van der Waals surface area contributed by atoms with Crippen molar-refractivity contribution >= 4 is 5.91 Å². The normalized spacial score (nSPS) is 18.0. The number of hydrogen-bond donors (Lipinski definition) is 1. The number of imidazole rings is 1. The number of amides is 1. The van der Waals surface area contributed by atoms with E-state index in [4.69, 9.17) is 0 Å². The van der Waals surface area contributed by atoms with Gasteiger partial charge in [-0.15, -0.1) is 0 Å². The van der Waals surface area contributed by atoms with Crippen molar-refractivity contribution in [1.82, 2.24) is 19.4 Å². The van der Waals surface area contributed by atoms with Gasteiger partial charge in [-0.1, -0.05) is 0 Å². The van der Waals surface area contributed by atoms with Gasteiger partial charge in [-0.25, -0.2) is 4.98 Å². The lowest BCUT2D eigenvalue weighted by molar-refractivity contribution is -0.138. The van der Waals surface area contributed by atoms with Crippen molar-refractivity contribution < 1.29 is 23.1 Å². The van der Waals surface area contributed by atoms with E-state index in [1.807, 2.05) is 14.1 Å². The molecule has 0 spiro atoms. The molecule has 2 rings (SSSR count). The Morgan fingerprint density at radius 3 is 2.60 bits per heavy atom. The van der Waals surface area contributed by atoms with Crippen LogP contribution in [-0.2, 0) is 11.3 Å². The Kier molecular flexibility index (Phi) is 6.45. The quantitative estimate of drug-likeness (QED) is 0.839. The minimum absolute atomic E-state index is 0.0979. The summed E-state index contributed by atoms with van der Waals surface area (Å²) >= 11 is 0. The highest BCUT2D eigenvalue weighted by atomic mass is 19.4. The summed E-state index contributed by atoms with van der Waals surface area (Å²) in [6.45, 7) is 0.923. The van der Waals surface area contributed by atoms with E-state index in [1.54, 1.807) is 4.90 Å². The average Bonchev–Trinajstić information content (AvgIpc) is 3.01. The fourth-order valence-electron chi connectivity index (χ4n) is 3.07. The van der Waals surface area contributed by atoms with Gasteiger partial charge in [-0.2, -0.15) is 13.2 Å². The summed E-state index contributed by atoms with van der Waals surface area (Å²) in [6, 6.07) is 0.440. The van der Waals surface area contributed by atoms with Gasteiger partial charge in [0.25, 0.3) is 0 Å². The second-order valence-electron chi connectivity index (χ2n) is 6.64. The minimum Gasteiger partial charge on any atom is -0.385 e. The predicted octanol–water partition coefficient (Wildman–Crippen LogP) is 1.81. The van der Waals surface area contributed by atoms with Gasteiger partial charge in [0.1, 0.15) is 11.9 Å². The van der Waals surface area contributed by atoms with Crippen LogP contribution < -0.4 is 0 Å². The Hall–Kier alpha value is -1.61. The first-order chi connectivity index (χ1) is 11.7. The number of carbonyl (C=O) groups is 1. The molecule has 1 fully saturated rings. The molecule has 0 aliphatic carbocycles. The Balaban J connectivity index is 1.89. The van der Waals surface area contributed by atoms with Crippen molar-refractivity contribution in [3.63, 3.8) is 0 Å². The molecule has 1 aliphatic heterocycles. The Morgan fingerprint density at radius 1 is 1.40 bits per heavy atom. The Labute approximate surface area is 145 Å². The van der Waals surface area contributed by atoms with Gasteiger partial charge < -0.3 is 19.5 Å². The number of aromatic nitrogens is 2.